The largest absolute Gasteiger partial charge is 0.369 e. The molecule has 1 aliphatic rings. The number of amides is 1. The second kappa shape index (κ2) is 4.66. The molecule has 1 saturated carbocycles. The number of hydrogen-bond acceptors (Lipinski definition) is 3. The van der Waals surface area contributed by atoms with E-state index < -0.39 is 0 Å². The van der Waals surface area contributed by atoms with Crippen molar-refractivity contribution in [2.75, 3.05) is 6.54 Å². The lowest BCUT2D eigenvalue weighted by atomic mass is 10.4. The molecular formula is C7H15N5O. The van der Waals surface area contributed by atoms with Crippen LogP contribution in [0.15, 0.2) is 4.99 Å². The van der Waals surface area contributed by atoms with Gasteiger partial charge in [-0.15, -0.1) is 0 Å². The Bertz CT molecular complexity index is 211. The average molecular weight is 185 g/mol. The molecule has 1 fully saturated rings. The maximum Gasteiger partial charge on any atom is 0.222 e. The quantitative estimate of drug-likeness (QED) is 0.184. The summed E-state index contributed by atoms with van der Waals surface area (Å²) < 4.78 is 0. The Labute approximate surface area is 76.7 Å². The normalized spacial score (nSPS) is 16.8. The van der Waals surface area contributed by atoms with Crippen molar-refractivity contribution in [3.05, 3.63) is 0 Å². The van der Waals surface area contributed by atoms with Crippen molar-refractivity contribution < 1.29 is 4.79 Å². The van der Waals surface area contributed by atoms with Gasteiger partial charge >= 0.3 is 0 Å². The van der Waals surface area contributed by atoms with E-state index in [4.69, 9.17) is 11.6 Å². The third-order valence-electron chi connectivity index (χ3n) is 1.71. The molecule has 0 aromatic carbocycles. The lowest BCUT2D eigenvalue weighted by Gasteiger charge is -2.01. The number of rotatable bonds is 4. The van der Waals surface area contributed by atoms with E-state index >= 15 is 0 Å². The van der Waals surface area contributed by atoms with E-state index in [0.29, 0.717) is 19.0 Å². The van der Waals surface area contributed by atoms with Crippen LogP contribution in [0.25, 0.3) is 0 Å². The summed E-state index contributed by atoms with van der Waals surface area (Å²) in [4.78, 5) is 14.9. The first-order chi connectivity index (χ1) is 6.22. The van der Waals surface area contributed by atoms with E-state index in [1.165, 1.54) is 0 Å². The number of nitrogens with two attached hydrogens (primary N) is 2. The zero-order valence-electron chi connectivity index (χ0n) is 7.42. The van der Waals surface area contributed by atoms with E-state index in [2.05, 4.69) is 15.7 Å². The Morgan fingerprint density at radius 1 is 1.54 bits per heavy atom. The van der Waals surface area contributed by atoms with E-state index in [1.807, 2.05) is 0 Å². The highest BCUT2D eigenvalue weighted by Crippen LogP contribution is 2.18. The third-order valence-corrected chi connectivity index (χ3v) is 1.71. The first kappa shape index (κ1) is 9.79. The molecule has 6 heteroatoms. The SMILES string of the molecule is NNC(N)=NCCC(=O)NC1CC1. The van der Waals surface area contributed by atoms with Gasteiger partial charge in [-0.3, -0.25) is 15.2 Å². The van der Waals surface area contributed by atoms with Crippen LogP contribution in [0.4, 0.5) is 0 Å². The minimum absolute atomic E-state index is 0.0241. The Kier molecular flexibility index (Phi) is 3.51. The number of hydrogen-bond donors (Lipinski definition) is 4. The Morgan fingerprint density at radius 3 is 2.77 bits per heavy atom. The molecule has 0 spiro atoms. The van der Waals surface area contributed by atoms with Crippen LogP contribution in [-0.4, -0.2) is 24.5 Å². The summed E-state index contributed by atoms with van der Waals surface area (Å²) in [7, 11) is 0. The van der Waals surface area contributed by atoms with Gasteiger partial charge < -0.3 is 11.1 Å². The second-order valence-electron chi connectivity index (χ2n) is 3.00. The average Bonchev–Trinajstić information content (AvgIpc) is 2.88. The van der Waals surface area contributed by atoms with Gasteiger partial charge in [0.15, 0.2) is 0 Å². The van der Waals surface area contributed by atoms with E-state index in [9.17, 15) is 4.79 Å². The molecule has 0 atom stereocenters. The summed E-state index contributed by atoms with van der Waals surface area (Å²) in [6, 6.07) is 0.404. The number of aliphatic imine (C=N–C) groups is 1. The van der Waals surface area contributed by atoms with Gasteiger partial charge in [0, 0.05) is 12.5 Å². The van der Waals surface area contributed by atoms with Crippen molar-refractivity contribution in [1.29, 1.82) is 0 Å². The predicted octanol–water partition coefficient (Wildman–Crippen LogP) is -1.57. The molecule has 6 N–H and O–H groups in total. The van der Waals surface area contributed by atoms with E-state index in [-0.39, 0.29) is 11.9 Å². The van der Waals surface area contributed by atoms with Crippen LogP contribution >= 0.6 is 0 Å². The summed E-state index contributed by atoms with van der Waals surface area (Å²) in [6.07, 6.45) is 2.56. The van der Waals surface area contributed by atoms with Crippen LogP contribution < -0.4 is 22.3 Å². The molecule has 0 bridgehead atoms. The number of nitrogens with one attached hydrogen (secondary N) is 2. The molecule has 0 saturated heterocycles. The van der Waals surface area contributed by atoms with Gasteiger partial charge in [0.05, 0.1) is 6.54 Å². The summed E-state index contributed by atoms with van der Waals surface area (Å²) >= 11 is 0. The molecule has 1 aliphatic carbocycles. The summed E-state index contributed by atoms with van der Waals surface area (Å²) in [5.74, 6) is 5.15. The molecule has 13 heavy (non-hydrogen) atoms. The predicted molar refractivity (Wildman–Crippen MR) is 49.6 cm³/mol. The van der Waals surface area contributed by atoms with Gasteiger partial charge in [-0.25, -0.2) is 5.84 Å². The monoisotopic (exact) mass is 185 g/mol. The molecule has 1 rings (SSSR count). The molecule has 74 valence electrons. The first-order valence-corrected chi connectivity index (χ1v) is 4.28. The summed E-state index contributed by atoms with van der Waals surface area (Å²) in [5.41, 5.74) is 7.44. The number of carbonyl (C=O) groups excluding carboxylic acids is 1. The van der Waals surface area contributed by atoms with E-state index in [0.717, 1.165) is 12.8 Å². The highest BCUT2D eigenvalue weighted by molar-refractivity contribution is 5.79. The van der Waals surface area contributed by atoms with Crippen LogP contribution in [0.5, 0.6) is 0 Å². The molecule has 0 aromatic rings. The Morgan fingerprint density at radius 2 is 2.23 bits per heavy atom. The molecule has 6 nitrogen and oxygen atoms in total. The maximum atomic E-state index is 11.1. The molecular weight excluding hydrogens is 170 g/mol. The van der Waals surface area contributed by atoms with Crippen LogP contribution in [0, 0.1) is 0 Å². The maximum absolute atomic E-state index is 11.1. The lowest BCUT2D eigenvalue weighted by Crippen LogP contribution is -2.37. The molecule has 1 amide bonds. The first-order valence-electron chi connectivity index (χ1n) is 4.28. The zero-order chi connectivity index (χ0) is 9.68. The smallest absolute Gasteiger partial charge is 0.222 e. The number of carbonyl (C=O) groups is 1. The summed E-state index contributed by atoms with van der Waals surface area (Å²) in [6.45, 7) is 0.370. The van der Waals surface area contributed by atoms with Gasteiger partial charge in [-0.2, -0.15) is 0 Å². The molecule has 0 unspecified atom stereocenters. The van der Waals surface area contributed by atoms with Gasteiger partial charge in [0.1, 0.15) is 0 Å². The molecule has 0 heterocycles. The van der Waals surface area contributed by atoms with Gasteiger partial charge in [-0.1, -0.05) is 0 Å². The zero-order valence-corrected chi connectivity index (χ0v) is 7.42. The van der Waals surface area contributed by atoms with Gasteiger partial charge in [-0.05, 0) is 12.8 Å². The van der Waals surface area contributed by atoms with Crippen molar-refractivity contribution in [2.24, 2.45) is 16.6 Å². The highest BCUT2D eigenvalue weighted by atomic mass is 16.1. The van der Waals surface area contributed by atoms with E-state index in [1.54, 1.807) is 0 Å². The number of guanidine groups is 1. The summed E-state index contributed by atoms with van der Waals surface area (Å²) in [5, 5.41) is 2.84. The number of hydrazine groups is 1. The van der Waals surface area contributed by atoms with Crippen molar-refractivity contribution in [3.8, 4) is 0 Å². The van der Waals surface area contributed by atoms with Gasteiger partial charge in [0.25, 0.3) is 0 Å². The van der Waals surface area contributed by atoms with Crippen molar-refractivity contribution in [1.82, 2.24) is 10.7 Å². The third kappa shape index (κ3) is 4.32. The van der Waals surface area contributed by atoms with Crippen LogP contribution in [0.1, 0.15) is 19.3 Å². The number of nitrogens with zero attached hydrogens (tertiary/aromatic N) is 1. The van der Waals surface area contributed by atoms with Crippen molar-refractivity contribution in [2.45, 2.75) is 25.3 Å². The van der Waals surface area contributed by atoms with Gasteiger partial charge in [0.2, 0.25) is 11.9 Å². The highest BCUT2D eigenvalue weighted by Gasteiger charge is 2.22. The topological polar surface area (TPSA) is 106 Å². The minimum atomic E-state index is 0.0241. The Hall–Kier alpha value is -1.30. The molecule has 0 aliphatic heterocycles. The standard InChI is InChI=1S/C7H15N5O/c8-7(12-9)10-4-3-6(13)11-5-1-2-5/h5H,1-4,9H2,(H,11,13)(H3,8,10,12). The van der Waals surface area contributed by atoms with Crippen LogP contribution in [-0.2, 0) is 4.79 Å². The van der Waals surface area contributed by atoms with Crippen molar-refractivity contribution >= 4 is 11.9 Å². The van der Waals surface area contributed by atoms with Crippen LogP contribution in [0.2, 0.25) is 0 Å². The fraction of sp³-hybridized carbons (Fsp3) is 0.714. The molecule has 0 radical (unpaired) electrons. The minimum Gasteiger partial charge on any atom is -0.369 e. The van der Waals surface area contributed by atoms with Crippen LogP contribution in [0.3, 0.4) is 0 Å². The molecule has 0 aromatic heterocycles. The van der Waals surface area contributed by atoms with Crippen molar-refractivity contribution in [3.63, 3.8) is 0 Å². The second-order valence-corrected chi connectivity index (χ2v) is 3.00. The lowest BCUT2D eigenvalue weighted by molar-refractivity contribution is -0.121. The Balaban J connectivity index is 2.06. The fourth-order valence-electron chi connectivity index (χ4n) is 0.851. The fourth-order valence-corrected chi connectivity index (χ4v) is 0.851.